The highest BCUT2D eigenvalue weighted by Gasteiger charge is 2.26. The summed E-state index contributed by atoms with van der Waals surface area (Å²) in [6.45, 7) is 6.86. The Morgan fingerprint density at radius 2 is 1.91 bits per heavy atom. The Morgan fingerprint density at radius 1 is 1.15 bits per heavy atom. The van der Waals surface area contributed by atoms with Gasteiger partial charge in [0.05, 0.1) is 23.9 Å². The quantitative estimate of drug-likeness (QED) is 0.601. The number of H-pyrrole nitrogens is 1. The van der Waals surface area contributed by atoms with Gasteiger partial charge < -0.3 is 14.6 Å². The molecule has 1 amide bonds. The number of aromatic nitrogens is 2. The molecule has 2 aliphatic heterocycles. The minimum atomic E-state index is 0.0912. The van der Waals surface area contributed by atoms with E-state index in [1.54, 1.807) is 0 Å². The second kappa shape index (κ2) is 9.44. The second-order valence-corrected chi connectivity index (χ2v) is 9.45. The Balaban J connectivity index is 1.34. The number of fused-ring (bicyclic) bond motifs is 1. The first-order valence-electron chi connectivity index (χ1n) is 12.1. The SMILES string of the molecule is Cc1cc(C)c(-c2nc3c([nH]2)CCCOC3)cc1C(=O)N1CCC(c2ccc(C#N)cc2)CC1. The van der Waals surface area contributed by atoms with Crippen LogP contribution in [0.1, 0.15) is 69.2 Å². The number of nitrogens with zero attached hydrogens (tertiary/aromatic N) is 3. The third-order valence-corrected chi connectivity index (χ3v) is 7.17. The summed E-state index contributed by atoms with van der Waals surface area (Å²) in [5.41, 5.74) is 7.89. The zero-order valence-electron chi connectivity index (χ0n) is 19.9. The largest absolute Gasteiger partial charge is 0.375 e. The lowest BCUT2D eigenvalue weighted by molar-refractivity contribution is 0.0712. The number of carbonyl (C=O) groups is 1. The van der Waals surface area contributed by atoms with Gasteiger partial charge in [0.2, 0.25) is 0 Å². The molecule has 0 spiro atoms. The lowest BCUT2D eigenvalue weighted by Gasteiger charge is -2.32. The van der Waals surface area contributed by atoms with E-state index < -0.39 is 0 Å². The summed E-state index contributed by atoms with van der Waals surface area (Å²) in [6.07, 6.45) is 3.79. The van der Waals surface area contributed by atoms with E-state index in [0.29, 0.717) is 18.1 Å². The maximum Gasteiger partial charge on any atom is 0.254 e. The third kappa shape index (κ3) is 4.36. The van der Waals surface area contributed by atoms with Crippen molar-refractivity contribution in [2.24, 2.45) is 0 Å². The van der Waals surface area contributed by atoms with Crippen LogP contribution in [0.15, 0.2) is 36.4 Å². The zero-order valence-corrected chi connectivity index (χ0v) is 19.9. The van der Waals surface area contributed by atoms with Crippen LogP contribution >= 0.6 is 0 Å². The number of nitrogens with one attached hydrogen (secondary N) is 1. The van der Waals surface area contributed by atoms with Crippen molar-refractivity contribution in [1.29, 1.82) is 5.26 Å². The lowest BCUT2D eigenvalue weighted by atomic mass is 9.88. The van der Waals surface area contributed by atoms with Gasteiger partial charge in [0.15, 0.2) is 0 Å². The van der Waals surface area contributed by atoms with Crippen LogP contribution in [0.4, 0.5) is 0 Å². The van der Waals surface area contributed by atoms with Crippen LogP contribution in [0.25, 0.3) is 11.4 Å². The number of imidazole rings is 1. The van der Waals surface area contributed by atoms with E-state index in [4.69, 9.17) is 15.0 Å². The smallest absolute Gasteiger partial charge is 0.254 e. The summed E-state index contributed by atoms with van der Waals surface area (Å²) in [5, 5.41) is 9.02. The summed E-state index contributed by atoms with van der Waals surface area (Å²) >= 11 is 0. The number of hydrogen-bond donors (Lipinski definition) is 1. The summed E-state index contributed by atoms with van der Waals surface area (Å²) in [7, 11) is 0. The minimum Gasteiger partial charge on any atom is -0.375 e. The maximum atomic E-state index is 13.5. The van der Waals surface area contributed by atoms with Crippen LogP contribution in [0.2, 0.25) is 0 Å². The number of aryl methyl sites for hydroxylation is 3. The number of aromatic amines is 1. The maximum absolute atomic E-state index is 13.5. The van der Waals surface area contributed by atoms with Crippen LogP contribution in [-0.4, -0.2) is 40.5 Å². The number of piperidine rings is 1. The van der Waals surface area contributed by atoms with E-state index in [2.05, 4.69) is 24.0 Å². The topological polar surface area (TPSA) is 82.0 Å². The molecule has 6 heteroatoms. The molecule has 0 bridgehead atoms. The summed E-state index contributed by atoms with van der Waals surface area (Å²) in [5.74, 6) is 1.34. The minimum absolute atomic E-state index is 0.0912. The number of benzene rings is 2. The van der Waals surface area contributed by atoms with Crippen LogP contribution in [0.5, 0.6) is 0 Å². The van der Waals surface area contributed by atoms with Crippen molar-refractivity contribution in [2.45, 2.75) is 52.1 Å². The number of carbonyl (C=O) groups excluding carboxylic acids is 1. The highest BCUT2D eigenvalue weighted by Crippen LogP contribution is 2.31. The van der Waals surface area contributed by atoms with E-state index in [-0.39, 0.29) is 5.91 Å². The van der Waals surface area contributed by atoms with Gasteiger partial charge in [-0.3, -0.25) is 4.79 Å². The van der Waals surface area contributed by atoms with Gasteiger partial charge in [-0.25, -0.2) is 4.98 Å². The average Bonchev–Trinajstić information content (AvgIpc) is 3.13. The van der Waals surface area contributed by atoms with Crippen molar-refractivity contribution >= 4 is 5.91 Å². The Labute approximate surface area is 200 Å². The highest BCUT2D eigenvalue weighted by atomic mass is 16.5. The number of amides is 1. The Hall–Kier alpha value is -3.43. The van der Waals surface area contributed by atoms with Crippen molar-refractivity contribution in [3.63, 3.8) is 0 Å². The van der Waals surface area contributed by atoms with Crippen molar-refractivity contribution in [3.8, 4) is 17.5 Å². The van der Waals surface area contributed by atoms with Crippen LogP contribution < -0.4 is 0 Å². The summed E-state index contributed by atoms with van der Waals surface area (Å²) in [4.78, 5) is 23.8. The van der Waals surface area contributed by atoms with E-state index >= 15 is 0 Å². The molecule has 0 atom stereocenters. The van der Waals surface area contributed by atoms with Gasteiger partial charge in [0, 0.05) is 36.5 Å². The highest BCUT2D eigenvalue weighted by molar-refractivity contribution is 5.97. The van der Waals surface area contributed by atoms with Gasteiger partial charge in [-0.2, -0.15) is 5.26 Å². The summed E-state index contributed by atoms with van der Waals surface area (Å²) < 4.78 is 5.66. The van der Waals surface area contributed by atoms with Crippen molar-refractivity contribution in [1.82, 2.24) is 14.9 Å². The fourth-order valence-electron chi connectivity index (χ4n) is 5.17. The fourth-order valence-corrected chi connectivity index (χ4v) is 5.17. The Morgan fingerprint density at radius 3 is 2.65 bits per heavy atom. The standard InChI is InChI=1S/C28H30N4O2/c1-18-14-19(2)24(15-23(18)27-30-25-4-3-13-34-17-26(25)31-27)28(33)32-11-9-22(10-12-32)21-7-5-20(16-29)6-8-21/h5-8,14-15,22H,3-4,9-13,17H2,1-2H3,(H,30,31). The summed E-state index contributed by atoms with van der Waals surface area (Å²) in [6, 6.07) is 14.1. The number of hydrogen-bond acceptors (Lipinski definition) is 4. The molecule has 1 fully saturated rings. The number of likely N-dealkylation sites (tertiary alicyclic amines) is 1. The molecule has 5 rings (SSSR count). The monoisotopic (exact) mass is 454 g/mol. The van der Waals surface area contributed by atoms with Crippen molar-refractivity contribution < 1.29 is 9.53 Å². The van der Waals surface area contributed by atoms with Gasteiger partial charge in [0.1, 0.15) is 5.82 Å². The van der Waals surface area contributed by atoms with Gasteiger partial charge in [-0.15, -0.1) is 0 Å². The van der Waals surface area contributed by atoms with E-state index in [1.165, 1.54) is 5.56 Å². The molecular weight excluding hydrogens is 424 g/mol. The Bertz CT molecular complexity index is 1220. The molecule has 3 aromatic rings. The van der Waals surface area contributed by atoms with Gasteiger partial charge in [-0.05, 0) is 80.3 Å². The zero-order chi connectivity index (χ0) is 23.7. The first-order chi connectivity index (χ1) is 16.5. The Kier molecular flexibility index (Phi) is 6.21. The second-order valence-electron chi connectivity index (χ2n) is 9.45. The van der Waals surface area contributed by atoms with E-state index in [9.17, 15) is 4.79 Å². The molecular formula is C28H30N4O2. The molecule has 1 saturated heterocycles. The molecule has 1 N–H and O–H groups in total. The van der Waals surface area contributed by atoms with Gasteiger partial charge in [0.25, 0.3) is 5.91 Å². The molecule has 34 heavy (non-hydrogen) atoms. The lowest BCUT2D eigenvalue weighted by Crippen LogP contribution is -2.38. The fraction of sp³-hybridized carbons (Fsp3) is 0.393. The van der Waals surface area contributed by atoms with Crippen molar-refractivity contribution in [2.75, 3.05) is 19.7 Å². The number of ether oxygens (including phenoxy) is 1. The molecule has 0 aliphatic carbocycles. The predicted octanol–water partition coefficient (Wildman–Crippen LogP) is 5.05. The molecule has 0 radical (unpaired) electrons. The third-order valence-electron chi connectivity index (χ3n) is 7.17. The molecule has 1 aromatic heterocycles. The predicted molar refractivity (Wildman–Crippen MR) is 131 cm³/mol. The first-order valence-corrected chi connectivity index (χ1v) is 12.1. The normalized spacial score (nSPS) is 16.6. The van der Waals surface area contributed by atoms with Gasteiger partial charge in [-0.1, -0.05) is 18.2 Å². The molecule has 0 unspecified atom stereocenters. The van der Waals surface area contributed by atoms with Crippen LogP contribution in [-0.2, 0) is 17.8 Å². The number of rotatable bonds is 3. The molecule has 2 aliphatic rings. The molecule has 3 heterocycles. The number of nitriles is 1. The first kappa shape index (κ1) is 22.4. The molecule has 2 aromatic carbocycles. The van der Waals surface area contributed by atoms with Crippen molar-refractivity contribution in [3.05, 3.63) is 75.6 Å². The van der Waals surface area contributed by atoms with E-state index in [0.717, 1.165) is 84.8 Å². The van der Waals surface area contributed by atoms with E-state index in [1.807, 2.05) is 42.2 Å². The molecule has 6 nitrogen and oxygen atoms in total. The van der Waals surface area contributed by atoms with Crippen LogP contribution in [0.3, 0.4) is 0 Å². The average molecular weight is 455 g/mol. The molecule has 0 saturated carbocycles. The molecule has 174 valence electrons. The van der Waals surface area contributed by atoms with Gasteiger partial charge >= 0.3 is 0 Å². The van der Waals surface area contributed by atoms with Crippen LogP contribution in [0, 0.1) is 25.2 Å².